The first-order valence-corrected chi connectivity index (χ1v) is 13.6. The van der Waals surface area contributed by atoms with Crippen molar-refractivity contribution >= 4 is 16.9 Å². The molecule has 0 spiro atoms. The maximum atomic E-state index is 11.7. The largest absolute Gasteiger partial charge is 0.494 e. The van der Waals surface area contributed by atoms with Gasteiger partial charge in [0, 0.05) is 25.4 Å². The molecule has 35 heavy (non-hydrogen) atoms. The molecule has 0 radical (unpaired) electrons. The van der Waals surface area contributed by atoms with Gasteiger partial charge in [-0.15, -0.1) is 0 Å². The molecule has 1 atom stereocenters. The highest BCUT2D eigenvalue weighted by molar-refractivity contribution is 5.80. The van der Waals surface area contributed by atoms with Gasteiger partial charge in [0.25, 0.3) is 0 Å². The summed E-state index contributed by atoms with van der Waals surface area (Å²) in [6.07, 6.45) is 9.59. The molecule has 0 saturated heterocycles. The third kappa shape index (κ3) is 7.33. The first kappa shape index (κ1) is 25.3. The minimum absolute atomic E-state index is 0.249. The second-order valence-corrected chi connectivity index (χ2v) is 9.98. The van der Waals surface area contributed by atoms with E-state index in [1.807, 2.05) is 0 Å². The van der Waals surface area contributed by atoms with Crippen LogP contribution in [0, 0.1) is 5.92 Å². The Morgan fingerprint density at radius 1 is 1.06 bits per heavy atom. The highest BCUT2D eigenvalue weighted by Gasteiger charge is 2.28. The molecule has 1 fully saturated rings. The molecule has 5 heteroatoms. The molecule has 1 heterocycles. The van der Waals surface area contributed by atoms with E-state index in [1.165, 1.54) is 16.9 Å². The Morgan fingerprint density at radius 3 is 2.63 bits per heavy atom. The molecule has 2 aromatic carbocycles. The lowest BCUT2D eigenvalue weighted by Crippen LogP contribution is -2.25. The number of hydrogen-bond acceptors (Lipinski definition) is 3. The molecule has 1 aromatic heterocycles. The van der Waals surface area contributed by atoms with Crippen molar-refractivity contribution in [1.82, 2.24) is 14.9 Å². The fraction of sp³-hybridized carbons (Fsp3) is 0.533. The van der Waals surface area contributed by atoms with Gasteiger partial charge in [-0.2, -0.15) is 0 Å². The monoisotopic (exact) mass is 475 g/mol. The van der Waals surface area contributed by atoms with Crippen LogP contribution in [0.4, 0.5) is 0 Å². The maximum Gasteiger partial charge on any atom is 0.223 e. The summed E-state index contributed by atoms with van der Waals surface area (Å²) in [4.78, 5) is 16.7. The Kier molecular flexibility index (Phi) is 9.21. The van der Waals surface area contributed by atoms with Gasteiger partial charge in [-0.3, -0.25) is 4.79 Å². The lowest BCUT2D eigenvalue weighted by Gasteiger charge is -2.12. The number of aryl methyl sites for hydroxylation is 2. The van der Waals surface area contributed by atoms with Crippen molar-refractivity contribution in [2.75, 3.05) is 13.2 Å². The number of para-hydroxylation sites is 2. The molecular weight excluding hydrogens is 434 g/mol. The van der Waals surface area contributed by atoms with E-state index < -0.39 is 0 Å². The minimum atomic E-state index is 0.249. The Balaban J connectivity index is 1.21. The van der Waals surface area contributed by atoms with Crippen LogP contribution in [-0.2, 0) is 17.8 Å². The van der Waals surface area contributed by atoms with Gasteiger partial charge in [0.1, 0.15) is 11.6 Å². The first-order chi connectivity index (χ1) is 17.2. The molecule has 1 N–H and O–H groups in total. The van der Waals surface area contributed by atoms with E-state index in [2.05, 4.69) is 72.3 Å². The number of fused-ring (bicyclic) bond motifs is 1. The molecule has 1 amide bonds. The van der Waals surface area contributed by atoms with Crippen molar-refractivity contribution in [2.24, 2.45) is 5.92 Å². The van der Waals surface area contributed by atoms with Crippen LogP contribution in [0.15, 0.2) is 48.5 Å². The predicted molar refractivity (Wildman–Crippen MR) is 143 cm³/mol. The number of imidazole rings is 1. The summed E-state index contributed by atoms with van der Waals surface area (Å²) in [7, 11) is 0. The van der Waals surface area contributed by atoms with Crippen LogP contribution in [-0.4, -0.2) is 28.6 Å². The van der Waals surface area contributed by atoms with E-state index in [4.69, 9.17) is 9.72 Å². The summed E-state index contributed by atoms with van der Waals surface area (Å²) in [6, 6.07) is 17.0. The lowest BCUT2D eigenvalue weighted by molar-refractivity contribution is -0.122. The Labute approximate surface area is 210 Å². The Morgan fingerprint density at radius 2 is 1.86 bits per heavy atom. The van der Waals surface area contributed by atoms with Gasteiger partial charge in [-0.25, -0.2) is 4.98 Å². The fourth-order valence-electron chi connectivity index (χ4n) is 4.54. The molecule has 0 aliphatic heterocycles. The zero-order valence-corrected chi connectivity index (χ0v) is 21.5. The molecule has 1 aliphatic carbocycles. The van der Waals surface area contributed by atoms with Crippen LogP contribution >= 0.6 is 0 Å². The second kappa shape index (κ2) is 12.8. The van der Waals surface area contributed by atoms with Crippen LogP contribution in [0.3, 0.4) is 0 Å². The fourth-order valence-corrected chi connectivity index (χ4v) is 4.54. The van der Waals surface area contributed by atoms with Gasteiger partial charge >= 0.3 is 0 Å². The summed E-state index contributed by atoms with van der Waals surface area (Å²) >= 11 is 0. The molecule has 5 nitrogen and oxygen atoms in total. The molecular formula is C30H41N3O2. The topological polar surface area (TPSA) is 56.1 Å². The second-order valence-electron chi connectivity index (χ2n) is 9.98. The van der Waals surface area contributed by atoms with Gasteiger partial charge in [-0.1, -0.05) is 44.5 Å². The van der Waals surface area contributed by atoms with E-state index in [9.17, 15) is 4.79 Å². The van der Waals surface area contributed by atoms with Gasteiger partial charge < -0.3 is 14.6 Å². The van der Waals surface area contributed by atoms with Crippen LogP contribution in [0.2, 0.25) is 0 Å². The van der Waals surface area contributed by atoms with E-state index in [0.717, 1.165) is 88.8 Å². The number of carbonyl (C=O) groups is 1. The lowest BCUT2D eigenvalue weighted by atomic mass is 9.99. The number of ether oxygens (including phenoxy) is 1. The number of benzene rings is 2. The van der Waals surface area contributed by atoms with Crippen LogP contribution in [0.1, 0.15) is 82.5 Å². The zero-order valence-electron chi connectivity index (χ0n) is 21.5. The quantitative estimate of drug-likeness (QED) is 0.250. The van der Waals surface area contributed by atoms with Gasteiger partial charge in [0.05, 0.1) is 17.6 Å². The molecule has 1 saturated carbocycles. The summed E-state index contributed by atoms with van der Waals surface area (Å²) in [5.74, 6) is 3.28. The summed E-state index contributed by atoms with van der Waals surface area (Å²) in [5, 5.41) is 3.07. The highest BCUT2D eigenvalue weighted by atomic mass is 16.5. The molecule has 1 unspecified atom stereocenters. The molecule has 4 rings (SSSR count). The van der Waals surface area contributed by atoms with Crippen molar-refractivity contribution in [2.45, 2.75) is 84.1 Å². The van der Waals surface area contributed by atoms with E-state index >= 15 is 0 Å². The summed E-state index contributed by atoms with van der Waals surface area (Å²) in [5.41, 5.74) is 3.68. The number of aromatic nitrogens is 2. The minimum Gasteiger partial charge on any atom is -0.494 e. The molecule has 0 bridgehead atoms. The average molecular weight is 476 g/mol. The smallest absolute Gasteiger partial charge is 0.223 e. The summed E-state index contributed by atoms with van der Waals surface area (Å²) in [6.45, 7) is 6.98. The van der Waals surface area contributed by atoms with Gasteiger partial charge in [-0.05, 0) is 80.7 Å². The van der Waals surface area contributed by atoms with E-state index in [0.29, 0.717) is 11.8 Å². The third-order valence-electron chi connectivity index (χ3n) is 7.16. The van der Waals surface area contributed by atoms with Crippen LogP contribution in [0.5, 0.6) is 5.75 Å². The first-order valence-electron chi connectivity index (χ1n) is 13.6. The van der Waals surface area contributed by atoms with Gasteiger partial charge in [0.15, 0.2) is 0 Å². The Bertz CT molecular complexity index is 1070. The third-order valence-corrected chi connectivity index (χ3v) is 7.16. The zero-order chi connectivity index (χ0) is 24.5. The molecule has 1 aliphatic rings. The molecule has 3 aromatic rings. The standard InChI is InChI=1S/C30H41N3O2/c1-3-23(2)24-16-18-26(19-17-24)35-22-10-9-21-33-28-12-7-6-11-27(28)32-29(33)13-5-4-8-20-31-30(34)25-14-15-25/h6-7,11-12,16-19,23,25H,3-5,8-10,13-15,20-22H2,1-2H3,(H,31,34). The number of nitrogens with one attached hydrogen (secondary N) is 1. The number of rotatable bonds is 15. The van der Waals surface area contributed by atoms with Crippen molar-refractivity contribution in [3.05, 3.63) is 59.9 Å². The predicted octanol–water partition coefficient (Wildman–Crippen LogP) is 6.65. The SMILES string of the molecule is CCC(C)c1ccc(OCCCCn2c(CCCCCNC(=O)C3CC3)nc3ccccc32)cc1. The maximum absolute atomic E-state index is 11.7. The normalized spacial score (nSPS) is 14.2. The van der Waals surface area contributed by atoms with Crippen LogP contribution < -0.4 is 10.1 Å². The van der Waals surface area contributed by atoms with E-state index in [-0.39, 0.29) is 5.91 Å². The van der Waals surface area contributed by atoms with Crippen LogP contribution in [0.25, 0.3) is 11.0 Å². The average Bonchev–Trinajstić information content (AvgIpc) is 3.68. The van der Waals surface area contributed by atoms with Crippen molar-refractivity contribution in [1.29, 1.82) is 0 Å². The van der Waals surface area contributed by atoms with E-state index in [1.54, 1.807) is 0 Å². The number of unbranched alkanes of at least 4 members (excludes halogenated alkanes) is 3. The molecule has 188 valence electrons. The van der Waals surface area contributed by atoms with Crippen molar-refractivity contribution in [3.63, 3.8) is 0 Å². The number of hydrogen-bond donors (Lipinski definition) is 1. The van der Waals surface area contributed by atoms with Gasteiger partial charge in [0.2, 0.25) is 5.91 Å². The summed E-state index contributed by atoms with van der Waals surface area (Å²) < 4.78 is 8.39. The number of nitrogens with zero attached hydrogens (tertiary/aromatic N) is 2. The van der Waals surface area contributed by atoms with Crippen molar-refractivity contribution < 1.29 is 9.53 Å². The highest BCUT2D eigenvalue weighted by Crippen LogP contribution is 2.28. The number of carbonyl (C=O) groups excluding carboxylic acids is 1. The van der Waals surface area contributed by atoms with Crippen molar-refractivity contribution in [3.8, 4) is 5.75 Å². The Hall–Kier alpha value is -2.82. The number of amides is 1.